The van der Waals surface area contributed by atoms with Crippen molar-refractivity contribution in [3.05, 3.63) is 45.2 Å². The normalized spacial score (nSPS) is 10.7. The fourth-order valence-corrected chi connectivity index (χ4v) is 2.39. The van der Waals surface area contributed by atoms with E-state index in [-0.39, 0.29) is 0 Å². The molecule has 2 aromatic rings. The van der Waals surface area contributed by atoms with Gasteiger partial charge in [-0.05, 0) is 48.3 Å². The van der Waals surface area contributed by atoms with Crippen molar-refractivity contribution < 1.29 is 0 Å². The summed E-state index contributed by atoms with van der Waals surface area (Å²) in [5, 5.41) is 4.54. The fraction of sp³-hybridized carbons (Fsp3) is 0.231. The highest BCUT2D eigenvalue weighted by Crippen LogP contribution is 2.26. The third-order valence-electron chi connectivity index (χ3n) is 2.92. The van der Waals surface area contributed by atoms with E-state index in [9.17, 15) is 0 Å². The number of aryl methyl sites for hydroxylation is 2. The van der Waals surface area contributed by atoms with Crippen LogP contribution < -0.4 is 5.73 Å². The van der Waals surface area contributed by atoms with Gasteiger partial charge >= 0.3 is 0 Å². The molecule has 0 saturated carbocycles. The van der Waals surface area contributed by atoms with E-state index in [2.05, 4.69) is 21.0 Å². The van der Waals surface area contributed by atoms with Gasteiger partial charge in [-0.15, -0.1) is 0 Å². The average Bonchev–Trinajstić information content (AvgIpc) is 2.56. The molecular weight excluding hydrogens is 310 g/mol. The first-order valence-electron chi connectivity index (χ1n) is 5.55. The van der Waals surface area contributed by atoms with Crippen LogP contribution in [0.3, 0.4) is 0 Å². The summed E-state index contributed by atoms with van der Waals surface area (Å²) in [5.41, 5.74) is 10.7. The van der Waals surface area contributed by atoms with Gasteiger partial charge in [0.2, 0.25) is 0 Å². The van der Waals surface area contributed by atoms with Gasteiger partial charge in [-0.2, -0.15) is 5.10 Å². The van der Waals surface area contributed by atoms with Gasteiger partial charge in [-0.3, -0.25) is 0 Å². The van der Waals surface area contributed by atoms with Crippen LogP contribution in [0, 0.1) is 20.8 Å². The van der Waals surface area contributed by atoms with Gasteiger partial charge in [0.1, 0.15) is 4.99 Å². The zero-order valence-corrected chi connectivity index (χ0v) is 12.9. The molecule has 1 aromatic carbocycles. The van der Waals surface area contributed by atoms with Crippen molar-refractivity contribution in [2.24, 2.45) is 5.73 Å². The number of thiocarbonyl (C=S) groups is 1. The lowest BCUT2D eigenvalue weighted by molar-refractivity contribution is 0.825. The van der Waals surface area contributed by atoms with Crippen molar-refractivity contribution in [1.29, 1.82) is 0 Å². The van der Waals surface area contributed by atoms with Crippen LogP contribution in [0.5, 0.6) is 0 Å². The minimum Gasteiger partial charge on any atom is -0.389 e. The molecule has 0 saturated heterocycles. The second kappa shape index (κ2) is 4.82. The highest BCUT2D eigenvalue weighted by atomic mass is 79.9. The highest BCUT2D eigenvalue weighted by Gasteiger charge is 2.16. The molecule has 0 fully saturated rings. The Morgan fingerprint density at radius 1 is 1.33 bits per heavy atom. The number of nitrogens with two attached hydrogens (primary N) is 1. The molecule has 1 heterocycles. The van der Waals surface area contributed by atoms with E-state index < -0.39 is 0 Å². The monoisotopic (exact) mass is 323 g/mol. The molecule has 0 aliphatic heterocycles. The maximum absolute atomic E-state index is 5.79. The largest absolute Gasteiger partial charge is 0.389 e. The van der Waals surface area contributed by atoms with Crippen LogP contribution in [0.1, 0.15) is 22.5 Å². The van der Waals surface area contributed by atoms with Crippen molar-refractivity contribution in [1.82, 2.24) is 9.78 Å². The number of halogens is 1. The van der Waals surface area contributed by atoms with Crippen LogP contribution in [0.15, 0.2) is 22.7 Å². The lowest BCUT2D eigenvalue weighted by atomic mass is 10.1. The number of hydrogen-bond donors (Lipinski definition) is 1. The molecule has 94 valence electrons. The number of nitrogens with zero attached hydrogens (tertiary/aromatic N) is 2. The van der Waals surface area contributed by atoms with E-state index in [1.165, 1.54) is 0 Å². The molecule has 5 heteroatoms. The predicted molar refractivity (Wildman–Crippen MR) is 81.4 cm³/mol. The summed E-state index contributed by atoms with van der Waals surface area (Å²) in [6.45, 7) is 6.01. The maximum Gasteiger partial charge on any atom is 0.106 e. The Morgan fingerprint density at radius 3 is 2.50 bits per heavy atom. The van der Waals surface area contributed by atoms with Crippen LogP contribution in [0.2, 0.25) is 0 Å². The summed E-state index contributed by atoms with van der Waals surface area (Å²) in [4.78, 5) is 0.386. The Hall–Kier alpha value is -1.20. The minimum atomic E-state index is 0.386. The van der Waals surface area contributed by atoms with Crippen LogP contribution in [-0.2, 0) is 0 Å². The smallest absolute Gasteiger partial charge is 0.106 e. The first kappa shape index (κ1) is 13.2. The first-order valence-corrected chi connectivity index (χ1v) is 6.75. The molecule has 2 rings (SSSR count). The van der Waals surface area contributed by atoms with Crippen LogP contribution in [-0.4, -0.2) is 14.8 Å². The topological polar surface area (TPSA) is 43.8 Å². The van der Waals surface area contributed by atoms with E-state index in [0.29, 0.717) is 4.99 Å². The lowest BCUT2D eigenvalue weighted by Crippen LogP contribution is -2.15. The van der Waals surface area contributed by atoms with Gasteiger partial charge in [0.05, 0.1) is 21.5 Å². The second-order valence-corrected chi connectivity index (χ2v) is 5.46. The van der Waals surface area contributed by atoms with Crippen molar-refractivity contribution in [2.75, 3.05) is 0 Å². The van der Waals surface area contributed by atoms with Crippen molar-refractivity contribution in [3.8, 4) is 5.69 Å². The molecule has 0 radical (unpaired) electrons. The molecular formula is C13H14BrN3S. The number of para-hydroxylation sites is 1. The van der Waals surface area contributed by atoms with Gasteiger partial charge in [0.15, 0.2) is 0 Å². The van der Waals surface area contributed by atoms with Crippen LogP contribution in [0.25, 0.3) is 5.69 Å². The standard InChI is InChI=1S/C13H14BrN3S/c1-7-5-4-6-10(13(15)18)12(7)17-9(3)11(14)8(2)16-17/h4-6H,1-3H3,(H2,15,18). The summed E-state index contributed by atoms with van der Waals surface area (Å²) in [7, 11) is 0. The molecule has 2 N–H and O–H groups in total. The molecule has 0 spiro atoms. The molecule has 1 aromatic heterocycles. The Labute approximate surface area is 120 Å². The second-order valence-electron chi connectivity index (χ2n) is 4.23. The SMILES string of the molecule is Cc1cccc(C(N)=S)c1-n1nc(C)c(Br)c1C. The Kier molecular flexibility index (Phi) is 3.54. The predicted octanol–water partition coefficient (Wildman–Crippen LogP) is 3.19. The number of aromatic nitrogens is 2. The maximum atomic E-state index is 5.79. The molecule has 0 amide bonds. The summed E-state index contributed by atoms with van der Waals surface area (Å²) < 4.78 is 2.91. The molecule has 0 atom stereocenters. The Morgan fingerprint density at radius 2 is 2.00 bits per heavy atom. The van der Waals surface area contributed by atoms with E-state index in [1.54, 1.807) is 0 Å². The number of hydrogen-bond acceptors (Lipinski definition) is 2. The Balaban J connectivity index is 2.78. The van der Waals surface area contributed by atoms with Gasteiger partial charge in [-0.25, -0.2) is 4.68 Å². The zero-order chi connectivity index (χ0) is 13.4. The molecule has 0 aliphatic carbocycles. The van der Waals surface area contributed by atoms with E-state index in [1.807, 2.05) is 43.7 Å². The molecule has 0 bridgehead atoms. The third-order valence-corrected chi connectivity index (χ3v) is 4.29. The zero-order valence-electron chi connectivity index (χ0n) is 10.5. The van der Waals surface area contributed by atoms with Crippen molar-refractivity contribution >= 4 is 33.1 Å². The number of rotatable bonds is 2. The van der Waals surface area contributed by atoms with E-state index in [4.69, 9.17) is 18.0 Å². The average molecular weight is 324 g/mol. The van der Waals surface area contributed by atoms with Crippen LogP contribution in [0.4, 0.5) is 0 Å². The molecule has 0 unspecified atom stereocenters. The molecule has 0 aliphatic rings. The van der Waals surface area contributed by atoms with Gasteiger partial charge in [-0.1, -0.05) is 24.4 Å². The van der Waals surface area contributed by atoms with Crippen molar-refractivity contribution in [3.63, 3.8) is 0 Å². The first-order chi connectivity index (χ1) is 8.43. The third kappa shape index (κ3) is 2.08. The quantitative estimate of drug-likeness (QED) is 0.863. The minimum absolute atomic E-state index is 0.386. The fourth-order valence-electron chi connectivity index (χ4n) is 1.98. The summed E-state index contributed by atoms with van der Waals surface area (Å²) in [5.74, 6) is 0. The molecule has 18 heavy (non-hydrogen) atoms. The summed E-state index contributed by atoms with van der Waals surface area (Å²) in [6, 6.07) is 5.91. The molecule has 3 nitrogen and oxygen atoms in total. The number of benzene rings is 1. The van der Waals surface area contributed by atoms with Crippen molar-refractivity contribution in [2.45, 2.75) is 20.8 Å². The summed E-state index contributed by atoms with van der Waals surface area (Å²) >= 11 is 8.65. The van der Waals surface area contributed by atoms with Gasteiger partial charge < -0.3 is 5.73 Å². The van der Waals surface area contributed by atoms with E-state index >= 15 is 0 Å². The van der Waals surface area contributed by atoms with Crippen LogP contribution >= 0.6 is 28.1 Å². The van der Waals surface area contributed by atoms with Gasteiger partial charge in [0.25, 0.3) is 0 Å². The van der Waals surface area contributed by atoms with Gasteiger partial charge in [0, 0.05) is 5.56 Å². The highest BCUT2D eigenvalue weighted by molar-refractivity contribution is 9.10. The van der Waals surface area contributed by atoms with E-state index in [0.717, 1.165) is 32.7 Å². The lowest BCUT2D eigenvalue weighted by Gasteiger charge is -2.13. The summed E-state index contributed by atoms with van der Waals surface area (Å²) in [6.07, 6.45) is 0. The Bertz CT molecular complexity index is 631.